The summed E-state index contributed by atoms with van der Waals surface area (Å²) in [6, 6.07) is 5.19. The first-order chi connectivity index (χ1) is 11.0. The highest BCUT2D eigenvalue weighted by Crippen LogP contribution is 2.26. The first-order valence-electron chi connectivity index (χ1n) is 8.54. The molecule has 0 saturated heterocycles. The van der Waals surface area contributed by atoms with Crippen molar-refractivity contribution < 1.29 is 9.59 Å². The van der Waals surface area contributed by atoms with E-state index in [1.807, 2.05) is 25.1 Å². The van der Waals surface area contributed by atoms with Gasteiger partial charge in [0.25, 0.3) is 0 Å². The summed E-state index contributed by atoms with van der Waals surface area (Å²) in [7, 11) is 0. The molecule has 5 heteroatoms. The van der Waals surface area contributed by atoms with Crippen LogP contribution in [0.5, 0.6) is 0 Å². The second kappa shape index (κ2) is 8.65. The van der Waals surface area contributed by atoms with Crippen molar-refractivity contribution in [1.29, 1.82) is 0 Å². The lowest BCUT2D eigenvalue weighted by atomic mass is 9.87. The fourth-order valence-corrected chi connectivity index (χ4v) is 3.05. The van der Waals surface area contributed by atoms with Gasteiger partial charge in [-0.2, -0.15) is 0 Å². The molecule has 1 saturated carbocycles. The quantitative estimate of drug-likeness (QED) is 0.847. The molecular formula is C18H27N3O2. The molecule has 2 amide bonds. The van der Waals surface area contributed by atoms with Crippen molar-refractivity contribution in [1.82, 2.24) is 15.6 Å². The number of aromatic nitrogens is 1. The zero-order valence-corrected chi connectivity index (χ0v) is 14.1. The van der Waals surface area contributed by atoms with Crippen LogP contribution in [0, 0.1) is 12.8 Å². The van der Waals surface area contributed by atoms with Crippen molar-refractivity contribution in [3.05, 3.63) is 29.6 Å². The van der Waals surface area contributed by atoms with E-state index < -0.39 is 6.04 Å². The Morgan fingerprint density at radius 1 is 1.26 bits per heavy atom. The van der Waals surface area contributed by atoms with E-state index in [1.54, 1.807) is 6.92 Å². The molecule has 0 bridgehead atoms. The molecule has 126 valence electrons. The lowest BCUT2D eigenvalue weighted by molar-refractivity contribution is -0.129. The minimum Gasteiger partial charge on any atom is -0.349 e. The largest absolute Gasteiger partial charge is 0.349 e. The third-order valence-corrected chi connectivity index (χ3v) is 4.36. The maximum Gasteiger partial charge on any atom is 0.242 e. The Labute approximate surface area is 138 Å². The minimum absolute atomic E-state index is 0.0202. The fraction of sp³-hybridized carbons (Fsp3) is 0.611. The molecule has 1 heterocycles. The van der Waals surface area contributed by atoms with Crippen molar-refractivity contribution in [2.24, 2.45) is 5.92 Å². The third kappa shape index (κ3) is 6.00. The number of carbonyl (C=O) groups excluding carboxylic acids is 2. The molecule has 0 aliphatic heterocycles. The van der Waals surface area contributed by atoms with Gasteiger partial charge in [0.2, 0.25) is 11.8 Å². The second-order valence-electron chi connectivity index (χ2n) is 6.49. The number of nitrogens with zero attached hydrogens (tertiary/aromatic N) is 1. The molecule has 2 rings (SSSR count). The highest BCUT2D eigenvalue weighted by molar-refractivity contribution is 5.87. The van der Waals surface area contributed by atoms with Crippen molar-refractivity contribution in [3.63, 3.8) is 0 Å². The lowest BCUT2D eigenvalue weighted by Gasteiger charge is -2.22. The van der Waals surface area contributed by atoms with Crippen LogP contribution >= 0.6 is 0 Å². The predicted molar refractivity (Wildman–Crippen MR) is 89.6 cm³/mol. The summed E-state index contributed by atoms with van der Waals surface area (Å²) in [5.41, 5.74) is 1.74. The summed E-state index contributed by atoms with van der Waals surface area (Å²) < 4.78 is 0. The standard InChI is InChI=1S/C18H27N3O2/c1-13-7-6-10-16(20-13)12-19-18(23)14(2)21-17(22)11-15-8-4-3-5-9-15/h6-7,10,14-15H,3-5,8-9,11-12H2,1-2H3,(H,19,23)(H,21,22). The smallest absolute Gasteiger partial charge is 0.242 e. The molecule has 0 spiro atoms. The summed E-state index contributed by atoms with van der Waals surface area (Å²) in [6.07, 6.45) is 6.52. The molecular weight excluding hydrogens is 290 g/mol. The van der Waals surface area contributed by atoms with Crippen LogP contribution in [0.3, 0.4) is 0 Å². The molecule has 1 aliphatic carbocycles. The lowest BCUT2D eigenvalue weighted by Crippen LogP contribution is -2.45. The van der Waals surface area contributed by atoms with Crippen LogP contribution in [0.15, 0.2) is 18.2 Å². The minimum atomic E-state index is -0.518. The SMILES string of the molecule is Cc1cccc(CNC(=O)C(C)NC(=O)CC2CCCCC2)n1. The van der Waals surface area contributed by atoms with E-state index in [0.29, 0.717) is 18.9 Å². The van der Waals surface area contributed by atoms with Gasteiger partial charge in [0.1, 0.15) is 6.04 Å². The molecule has 1 unspecified atom stereocenters. The van der Waals surface area contributed by atoms with E-state index in [0.717, 1.165) is 24.2 Å². The van der Waals surface area contributed by atoms with Crippen LogP contribution in [-0.2, 0) is 16.1 Å². The van der Waals surface area contributed by atoms with Gasteiger partial charge in [-0.05, 0) is 44.7 Å². The van der Waals surface area contributed by atoms with Crippen LogP contribution in [-0.4, -0.2) is 22.8 Å². The van der Waals surface area contributed by atoms with Gasteiger partial charge in [-0.25, -0.2) is 0 Å². The van der Waals surface area contributed by atoms with Gasteiger partial charge in [0.15, 0.2) is 0 Å². The highest BCUT2D eigenvalue weighted by atomic mass is 16.2. The topological polar surface area (TPSA) is 71.1 Å². The molecule has 1 fully saturated rings. The van der Waals surface area contributed by atoms with Crippen LogP contribution in [0.1, 0.15) is 56.8 Å². The molecule has 0 radical (unpaired) electrons. The van der Waals surface area contributed by atoms with Gasteiger partial charge in [0.05, 0.1) is 12.2 Å². The first kappa shape index (κ1) is 17.4. The van der Waals surface area contributed by atoms with E-state index in [2.05, 4.69) is 15.6 Å². The summed E-state index contributed by atoms with van der Waals surface area (Å²) in [6.45, 7) is 4.01. The summed E-state index contributed by atoms with van der Waals surface area (Å²) in [5, 5.41) is 5.62. The molecule has 5 nitrogen and oxygen atoms in total. The maximum absolute atomic E-state index is 12.1. The van der Waals surface area contributed by atoms with Crippen LogP contribution < -0.4 is 10.6 Å². The van der Waals surface area contributed by atoms with Crippen LogP contribution in [0.2, 0.25) is 0 Å². The van der Waals surface area contributed by atoms with Crippen LogP contribution in [0.25, 0.3) is 0 Å². The van der Waals surface area contributed by atoms with E-state index in [1.165, 1.54) is 19.3 Å². The number of aryl methyl sites for hydroxylation is 1. The number of hydrogen-bond acceptors (Lipinski definition) is 3. The van der Waals surface area contributed by atoms with E-state index in [-0.39, 0.29) is 11.8 Å². The van der Waals surface area contributed by atoms with Crippen LogP contribution in [0.4, 0.5) is 0 Å². The van der Waals surface area contributed by atoms with Gasteiger partial charge in [-0.3, -0.25) is 14.6 Å². The Morgan fingerprint density at radius 2 is 2.00 bits per heavy atom. The van der Waals surface area contributed by atoms with Crippen molar-refractivity contribution >= 4 is 11.8 Å². The first-order valence-corrected chi connectivity index (χ1v) is 8.54. The number of carbonyl (C=O) groups is 2. The van der Waals surface area contributed by atoms with Crippen molar-refractivity contribution in [2.45, 2.75) is 65.0 Å². The molecule has 23 heavy (non-hydrogen) atoms. The zero-order valence-electron chi connectivity index (χ0n) is 14.1. The Morgan fingerprint density at radius 3 is 2.70 bits per heavy atom. The van der Waals surface area contributed by atoms with E-state index >= 15 is 0 Å². The summed E-state index contributed by atoms with van der Waals surface area (Å²) >= 11 is 0. The summed E-state index contributed by atoms with van der Waals surface area (Å²) in [5.74, 6) is 0.286. The molecule has 1 atom stereocenters. The fourth-order valence-electron chi connectivity index (χ4n) is 3.05. The van der Waals surface area contributed by atoms with Gasteiger partial charge in [-0.1, -0.05) is 25.3 Å². The van der Waals surface area contributed by atoms with E-state index in [4.69, 9.17) is 0 Å². The van der Waals surface area contributed by atoms with Gasteiger partial charge in [0, 0.05) is 12.1 Å². The Kier molecular flexibility index (Phi) is 6.56. The Bertz CT molecular complexity index is 539. The summed E-state index contributed by atoms with van der Waals surface area (Å²) in [4.78, 5) is 28.5. The Hall–Kier alpha value is -1.91. The number of rotatable bonds is 6. The Balaban J connectivity index is 1.72. The molecule has 2 N–H and O–H groups in total. The number of hydrogen-bond donors (Lipinski definition) is 2. The zero-order chi connectivity index (χ0) is 16.7. The number of nitrogens with one attached hydrogen (secondary N) is 2. The molecule has 1 aromatic rings. The van der Waals surface area contributed by atoms with Gasteiger partial charge < -0.3 is 10.6 Å². The molecule has 1 aromatic heterocycles. The average Bonchev–Trinajstić information content (AvgIpc) is 2.53. The third-order valence-electron chi connectivity index (χ3n) is 4.36. The van der Waals surface area contributed by atoms with Gasteiger partial charge in [-0.15, -0.1) is 0 Å². The van der Waals surface area contributed by atoms with Crippen molar-refractivity contribution in [3.8, 4) is 0 Å². The predicted octanol–water partition coefficient (Wildman–Crippen LogP) is 2.48. The monoisotopic (exact) mass is 317 g/mol. The number of pyridine rings is 1. The second-order valence-corrected chi connectivity index (χ2v) is 6.49. The normalized spacial score (nSPS) is 16.6. The van der Waals surface area contributed by atoms with Crippen molar-refractivity contribution in [2.75, 3.05) is 0 Å². The maximum atomic E-state index is 12.1. The van der Waals surface area contributed by atoms with Gasteiger partial charge >= 0.3 is 0 Å². The molecule has 1 aliphatic rings. The highest BCUT2D eigenvalue weighted by Gasteiger charge is 2.20. The average molecular weight is 317 g/mol. The molecule has 0 aromatic carbocycles. The van der Waals surface area contributed by atoms with E-state index in [9.17, 15) is 9.59 Å². The number of amides is 2.